The highest BCUT2D eigenvalue weighted by Crippen LogP contribution is 2.29. The van der Waals surface area contributed by atoms with Gasteiger partial charge in [-0.2, -0.15) is 0 Å². The quantitative estimate of drug-likeness (QED) is 0.143. The third-order valence-corrected chi connectivity index (χ3v) is 8.32. The van der Waals surface area contributed by atoms with Crippen molar-refractivity contribution in [3.05, 3.63) is 65.6 Å². The van der Waals surface area contributed by atoms with Crippen LogP contribution in [0.3, 0.4) is 0 Å². The lowest BCUT2D eigenvalue weighted by Crippen LogP contribution is -2.39. The molecule has 40 heavy (non-hydrogen) atoms. The van der Waals surface area contributed by atoms with Crippen LogP contribution in [0.25, 0.3) is 11.1 Å². The van der Waals surface area contributed by atoms with Gasteiger partial charge in [0.05, 0.1) is 11.5 Å². The molecule has 2 amide bonds. The van der Waals surface area contributed by atoms with Gasteiger partial charge in [0, 0.05) is 25.1 Å². The number of ether oxygens (including phenoxy) is 1. The molecule has 0 atom stereocenters. The van der Waals surface area contributed by atoms with Crippen LogP contribution in [-0.2, 0) is 27.7 Å². The minimum absolute atomic E-state index is 0.0130. The van der Waals surface area contributed by atoms with E-state index in [0.717, 1.165) is 43.5 Å². The fraction of sp³-hybridized carbons (Fsp3) is 0.414. The lowest BCUT2D eigenvalue weighted by atomic mass is 10.0. The van der Waals surface area contributed by atoms with Crippen molar-refractivity contribution in [1.29, 1.82) is 0 Å². The molecule has 0 spiro atoms. The Morgan fingerprint density at radius 2 is 1.70 bits per heavy atom. The monoisotopic (exact) mass is 586 g/mol. The Hall–Kier alpha value is -3.31. The summed E-state index contributed by atoms with van der Waals surface area (Å²) in [6.07, 6.45) is 6.23. The van der Waals surface area contributed by atoms with Crippen LogP contribution in [-0.4, -0.2) is 49.4 Å². The summed E-state index contributed by atoms with van der Waals surface area (Å²) in [6.45, 7) is 6.96. The van der Waals surface area contributed by atoms with Crippen molar-refractivity contribution in [1.82, 2.24) is 19.6 Å². The van der Waals surface area contributed by atoms with E-state index in [1.807, 2.05) is 42.0 Å². The van der Waals surface area contributed by atoms with Crippen LogP contribution < -0.4 is 10.0 Å². The maximum Gasteiger partial charge on any atom is 0.357 e. The molecule has 1 heterocycles. The van der Waals surface area contributed by atoms with E-state index in [2.05, 4.69) is 17.0 Å². The van der Waals surface area contributed by atoms with Crippen LogP contribution in [0, 0.1) is 0 Å². The van der Waals surface area contributed by atoms with Crippen LogP contribution in [0.2, 0.25) is 0 Å². The van der Waals surface area contributed by atoms with E-state index in [0.29, 0.717) is 34.9 Å². The van der Waals surface area contributed by atoms with Crippen LogP contribution in [0.1, 0.15) is 68.3 Å². The Morgan fingerprint density at radius 1 is 1.00 bits per heavy atom. The number of carbonyl (C=O) groups is 2. The Labute approximate surface area is 241 Å². The Bertz CT molecular complexity index is 1400. The van der Waals surface area contributed by atoms with Crippen LogP contribution in [0.5, 0.6) is 0 Å². The van der Waals surface area contributed by atoms with Gasteiger partial charge in [-0.25, -0.2) is 27.7 Å². The number of esters is 1. The van der Waals surface area contributed by atoms with E-state index in [4.69, 9.17) is 9.72 Å². The number of thioether (sulfide) groups is 1. The zero-order valence-electron chi connectivity index (χ0n) is 23.5. The van der Waals surface area contributed by atoms with E-state index >= 15 is 0 Å². The lowest BCUT2D eigenvalue weighted by molar-refractivity contribution is 0.0509. The number of nitrogens with one attached hydrogen (secondary N) is 2. The van der Waals surface area contributed by atoms with E-state index in [1.165, 1.54) is 17.8 Å². The number of nitrogens with zero attached hydrogens (tertiary/aromatic N) is 2. The van der Waals surface area contributed by atoms with Crippen LogP contribution in [0.15, 0.2) is 58.5 Å². The molecule has 0 saturated carbocycles. The minimum atomic E-state index is -4.10. The second-order valence-electron chi connectivity index (χ2n) is 9.20. The smallest absolute Gasteiger partial charge is 0.357 e. The van der Waals surface area contributed by atoms with E-state index in [1.54, 1.807) is 25.1 Å². The summed E-state index contributed by atoms with van der Waals surface area (Å²) >= 11 is 1.42. The van der Waals surface area contributed by atoms with Crippen molar-refractivity contribution in [2.75, 3.05) is 19.4 Å². The van der Waals surface area contributed by atoms with E-state index in [9.17, 15) is 18.0 Å². The highest BCUT2D eigenvalue weighted by molar-refractivity contribution is 7.98. The molecular formula is C29H38N4O5S2. The molecule has 11 heteroatoms. The first kappa shape index (κ1) is 31.2. The van der Waals surface area contributed by atoms with Gasteiger partial charge in [-0.3, -0.25) is 0 Å². The molecule has 1 aromatic heterocycles. The van der Waals surface area contributed by atoms with Gasteiger partial charge in [-0.1, -0.05) is 69.2 Å². The van der Waals surface area contributed by atoms with Gasteiger partial charge < -0.3 is 14.6 Å². The zero-order chi connectivity index (χ0) is 29.1. The number of sulfonamides is 1. The number of aryl methyl sites for hydroxylation is 1. The summed E-state index contributed by atoms with van der Waals surface area (Å²) in [4.78, 5) is 29.8. The number of unbranched alkanes of at least 4 members (excludes halogenated alkanes) is 2. The first-order valence-electron chi connectivity index (χ1n) is 13.5. The van der Waals surface area contributed by atoms with Crippen LogP contribution >= 0.6 is 11.8 Å². The highest BCUT2D eigenvalue weighted by Gasteiger charge is 2.24. The van der Waals surface area contributed by atoms with Gasteiger partial charge in [0.2, 0.25) is 0 Å². The maximum atomic E-state index is 13.1. The van der Waals surface area contributed by atoms with Gasteiger partial charge >= 0.3 is 12.0 Å². The molecule has 0 aliphatic heterocycles. The van der Waals surface area contributed by atoms with Gasteiger partial charge in [0.1, 0.15) is 10.9 Å². The number of hydrogen-bond donors (Lipinski definition) is 2. The third-order valence-electron chi connectivity index (χ3n) is 6.26. The zero-order valence-corrected chi connectivity index (χ0v) is 25.2. The SMILES string of the molecule is CCCCNC(=O)NS(=O)(=O)c1ccccc1-c1ccc(Cn2c(CCCC)nc(SC)c2C(=O)OCC)cc1. The van der Waals surface area contributed by atoms with Crippen molar-refractivity contribution in [3.63, 3.8) is 0 Å². The normalized spacial score (nSPS) is 11.3. The molecule has 0 radical (unpaired) electrons. The Balaban J connectivity index is 1.90. The lowest BCUT2D eigenvalue weighted by Gasteiger charge is -2.14. The number of imidazole rings is 1. The molecule has 3 aromatic rings. The fourth-order valence-electron chi connectivity index (χ4n) is 4.21. The molecule has 2 aromatic carbocycles. The van der Waals surface area contributed by atoms with Crippen molar-refractivity contribution < 1.29 is 22.7 Å². The number of rotatable bonds is 14. The summed E-state index contributed by atoms with van der Waals surface area (Å²) in [6, 6.07) is 13.3. The van der Waals surface area contributed by atoms with Crippen molar-refractivity contribution in [3.8, 4) is 11.1 Å². The second kappa shape index (κ2) is 14.9. The first-order valence-corrected chi connectivity index (χ1v) is 16.3. The number of amides is 2. The number of hydrogen-bond acceptors (Lipinski definition) is 7. The number of urea groups is 1. The van der Waals surface area contributed by atoms with Crippen molar-refractivity contribution in [2.45, 2.75) is 69.3 Å². The largest absolute Gasteiger partial charge is 0.461 e. The second-order valence-corrected chi connectivity index (χ2v) is 11.6. The minimum Gasteiger partial charge on any atom is -0.461 e. The number of aromatic nitrogens is 2. The standard InChI is InChI=1S/C29H38N4O5S2/c1-5-8-14-25-31-27(39-4)26(28(34)38-7-3)33(25)20-21-15-17-22(18-16-21)23-12-10-11-13-24(23)40(36,37)32-29(35)30-19-9-6-2/h10-13,15-18H,5-9,14,19-20H2,1-4H3,(H2,30,32,35). The predicted octanol–water partition coefficient (Wildman–Crippen LogP) is 5.63. The molecule has 0 aliphatic carbocycles. The fourth-order valence-corrected chi connectivity index (χ4v) is 5.96. The van der Waals surface area contributed by atoms with Gasteiger partial charge in [0.15, 0.2) is 5.69 Å². The van der Waals surface area contributed by atoms with Crippen LogP contribution in [0.4, 0.5) is 4.79 Å². The van der Waals surface area contributed by atoms with Gasteiger partial charge in [0.25, 0.3) is 10.0 Å². The summed E-state index contributed by atoms with van der Waals surface area (Å²) in [5, 5.41) is 3.22. The van der Waals surface area contributed by atoms with Crippen molar-refractivity contribution >= 4 is 33.8 Å². The predicted molar refractivity (Wildman–Crippen MR) is 158 cm³/mol. The van der Waals surface area contributed by atoms with Gasteiger partial charge in [-0.05, 0) is 43.2 Å². The third kappa shape index (κ3) is 7.88. The van der Waals surface area contributed by atoms with E-state index in [-0.39, 0.29) is 11.5 Å². The average molecular weight is 587 g/mol. The molecule has 216 valence electrons. The van der Waals surface area contributed by atoms with Gasteiger partial charge in [-0.15, -0.1) is 11.8 Å². The molecule has 2 N–H and O–H groups in total. The summed E-state index contributed by atoms with van der Waals surface area (Å²) in [5.41, 5.74) is 2.53. The van der Waals surface area contributed by atoms with Crippen molar-refractivity contribution in [2.24, 2.45) is 0 Å². The summed E-state index contributed by atoms with van der Waals surface area (Å²) in [5.74, 6) is 0.433. The molecule has 0 fully saturated rings. The topological polar surface area (TPSA) is 119 Å². The molecule has 0 bridgehead atoms. The Morgan fingerprint density at radius 3 is 2.35 bits per heavy atom. The van der Waals surface area contributed by atoms with E-state index < -0.39 is 22.0 Å². The number of benzene rings is 2. The first-order chi connectivity index (χ1) is 19.2. The summed E-state index contributed by atoms with van der Waals surface area (Å²) < 4.78 is 35.5. The molecule has 0 saturated heterocycles. The Kier molecular flexibility index (Phi) is 11.6. The summed E-state index contributed by atoms with van der Waals surface area (Å²) in [7, 11) is -4.10. The number of carbonyl (C=O) groups excluding carboxylic acids is 2. The maximum absolute atomic E-state index is 13.1. The highest BCUT2D eigenvalue weighted by atomic mass is 32.2. The molecule has 9 nitrogen and oxygen atoms in total. The molecule has 3 rings (SSSR count). The molecule has 0 aliphatic rings. The average Bonchev–Trinajstić information content (AvgIpc) is 3.29. The molecular weight excluding hydrogens is 548 g/mol. The molecule has 0 unspecified atom stereocenters.